The van der Waals surface area contributed by atoms with Crippen LogP contribution in [0, 0.1) is 6.92 Å². The van der Waals surface area contributed by atoms with Gasteiger partial charge in [-0.2, -0.15) is 0 Å². The molecule has 4 aromatic rings. The number of rotatable bonds is 4. The molecular weight excluding hydrogens is 475 g/mol. The molecule has 0 unspecified atom stereocenters. The molecule has 0 N–H and O–H groups in total. The lowest BCUT2D eigenvalue weighted by molar-refractivity contribution is 0.0704. The Labute approximate surface area is 206 Å². The van der Waals surface area contributed by atoms with Crippen LogP contribution in [0.25, 0.3) is 22.5 Å². The van der Waals surface area contributed by atoms with Crippen molar-refractivity contribution in [2.75, 3.05) is 31.1 Å². The third-order valence-corrected chi connectivity index (χ3v) is 6.31. The van der Waals surface area contributed by atoms with Crippen LogP contribution in [0.15, 0.2) is 59.6 Å². The molecule has 0 bridgehead atoms. The summed E-state index contributed by atoms with van der Waals surface area (Å²) in [6.07, 6.45) is 6.50. The second kappa shape index (κ2) is 9.40. The lowest BCUT2D eigenvalue weighted by atomic mass is 10.0. The lowest BCUT2D eigenvalue weighted by Crippen LogP contribution is -2.49. The molecule has 1 saturated heterocycles. The minimum atomic E-state index is -0.166. The molecule has 1 aliphatic rings. The summed E-state index contributed by atoms with van der Waals surface area (Å²) in [5, 5.41) is 4.77. The Kier molecular flexibility index (Phi) is 6.17. The van der Waals surface area contributed by atoms with Crippen molar-refractivity contribution in [2.24, 2.45) is 0 Å². The highest BCUT2D eigenvalue weighted by atomic mass is 35.5. The van der Waals surface area contributed by atoms with Crippen LogP contribution >= 0.6 is 23.2 Å². The molecule has 4 heterocycles. The Morgan fingerprint density at radius 1 is 0.971 bits per heavy atom. The first kappa shape index (κ1) is 22.3. The largest absolute Gasteiger partial charge is 0.352 e. The third-order valence-electron chi connectivity index (χ3n) is 5.77. The molecule has 0 radical (unpaired) electrons. The number of carbonyl (C=O) groups excluding carboxylic acids is 1. The second-order valence-electron chi connectivity index (χ2n) is 7.90. The van der Waals surface area contributed by atoms with E-state index in [9.17, 15) is 4.79 Å². The van der Waals surface area contributed by atoms with Crippen molar-refractivity contribution in [1.82, 2.24) is 25.0 Å². The van der Waals surface area contributed by atoms with Gasteiger partial charge in [0, 0.05) is 60.8 Å². The molecule has 0 aliphatic carbocycles. The fourth-order valence-corrected chi connectivity index (χ4v) is 4.43. The fraction of sp³-hybridized carbons (Fsp3) is 0.208. The van der Waals surface area contributed by atoms with Crippen LogP contribution < -0.4 is 4.90 Å². The third kappa shape index (κ3) is 4.34. The molecule has 8 nitrogen and oxygen atoms in total. The first-order chi connectivity index (χ1) is 16.5. The van der Waals surface area contributed by atoms with Gasteiger partial charge in [-0.1, -0.05) is 34.4 Å². The van der Waals surface area contributed by atoms with E-state index in [1.54, 1.807) is 29.6 Å². The standard InChI is InChI=1S/C24H20Cl2N6O2/c1-15-12-16(25)2-3-17(15)22-23(18-4-6-27-13-19(18)26)30-21(14-28-22)31-8-10-32(11-9-31)24(33)20-5-7-29-34-20/h2-7,12-14H,8-11H2,1H3. The Hall–Kier alpha value is -3.49. The van der Waals surface area contributed by atoms with Crippen LogP contribution in [-0.2, 0) is 0 Å². The summed E-state index contributed by atoms with van der Waals surface area (Å²) >= 11 is 12.7. The molecule has 1 aliphatic heterocycles. The van der Waals surface area contributed by atoms with E-state index < -0.39 is 0 Å². The zero-order chi connectivity index (χ0) is 23.7. The molecule has 10 heteroatoms. The summed E-state index contributed by atoms with van der Waals surface area (Å²) in [5.41, 5.74) is 4.03. The number of carbonyl (C=O) groups is 1. The van der Waals surface area contributed by atoms with Gasteiger partial charge in [0.25, 0.3) is 5.91 Å². The summed E-state index contributed by atoms with van der Waals surface area (Å²) in [5.74, 6) is 0.789. The van der Waals surface area contributed by atoms with E-state index in [0.29, 0.717) is 53.4 Å². The van der Waals surface area contributed by atoms with Crippen molar-refractivity contribution in [3.8, 4) is 22.5 Å². The highest BCUT2D eigenvalue weighted by Gasteiger charge is 2.26. The summed E-state index contributed by atoms with van der Waals surface area (Å²) < 4.78 is 5.01. The fourth-order valence-electron chi connectivity index (χ4n) is 4.00. The molecule has 0 saturated carbocycles. The van der Waals surface area contributed by atoms with E-state index >= 15 is 0 Å². The number of aryl methyl sites for hydroxylation is 1. The van der Waals surface area contributed by atoms with Gasteiger partial charge in [-0.05, 0) is 30.7 Å². The Balaban J connectivity index is 1.47. The number of halogens is 2. The maximum absolute atomic E-state index is 12.6. The maximum Gasteiger partial charge on any atom is 0.292 e. The van der Waals surface area contributed by atoms with Crippen molar-refractivity contribution in [2.45, 2.75) is 6.92 Å². The van der Waals surface area contributed by atoms with Crippen LogP contribution in [0.4, 0.5) is 5.82 Å². The van der Waals surface area contributed by atoms with Crippen LogP contribution in [0.5, 0.6) is 0 Å². The first-order valence-electron chi connectivity index (χ1n) is 10.7. The molecule has 5 rings (SSSR count). The number of hydrogen-bond donors (Lipinski definition) is 0. The van der Waals surface area contributed by atoms with E-state index in [0.717, 1.165) is 16.7 Å². The normalized spacial score (nSPS) is 13.9. The van der Waals surface area contributed by atoms with Gasteiger partial charge in [0.05, 0.1) is 23.1 Å². The zero-order valence-corrected chi connectivity index (χ0v) is 19.8. The Morgan fingerprint density at radius 2 is 1.79 bits per heavy atom. The molecular formula is C24H20Cl2N6O2. The van der Waals surface area contributed by atoms with Gasteiger partial charge in [-0.25, -0.2) is 4.98 Å². The van der Waals surface area contributed by atoms with Crippen molar-refractivity contribution >= 4 is 34.9 Å². The lowest BCUT2D eigenvalue weighted by Gasteiger charge is -2.35. The van der Waals surface area contributed by atoms with Gasteiger partial charge in [0.15, 0.2) is 0 Å². The Morgan fingerprint density at radius 3 is 2.50 bits per heavy atom. The summed E-state index contributed by atoms with van der Waals surface area (Å²) in [7, 11) is 0. The highest BCUT2D eigenvalue weighted by molar-refractivity contribution is 6.33. The number of amides is 1. The quantitative estimate of drug-likeness (QED) is 0.403. The number of hydrogen-bond acceptors (Lipinski definition) is 7. The predicted molar refractivity (Wildman–Crippen MR) is 130 cm³/mol. The van der Waals surface area contributed by atoms with Crippen molar-refractivity contribution < 1.29 is 9.32 Å². The van der Waals surface area contributed by atoms with E-state index in [1.807, 2.05) is 31.2 Å². The summed E-state index contributed by atoms with van der Waals surface area (Å²) in [6.45, 7) is 4.27. The molecule has 1 aromatic carbocycles. The number of piperazine rings is 1. The average molecular weight is 495 g/mol. The smallest absolute Gasteiger partial charge is 0.292 e. The van der Waals surface area contributed by atoms with E-state index in [2.05, 4.69) is 15.0 Å². The molecule has 0 atom stereocenters. The molecule has 1 amide bonds. The monoisotopic (exact) mass is 494 g/mol. The van der Waals surface area contributed by atoms with Crippen LogP contribution in [0.2, 0.25) is 10.0 Å². The SMILES string of the molecule is Cc1cc(Cl)ccc1-c1ncc(N2CCN(C(=O)c3ccno3)CC2)nc1-c1ccncc1Cl. The highest BCUT2D eigenvalue weighted by Crippen LogP contribution is 2.36. The van der Waals surface area contributed by atoms with Crippen LogP contribution in [0.3, 0.4) is 0 Å². The van der Waals surface area contributed by atoms with E-state index in [4.69, 9.17) is 37.7 Å². The minimum absolute atomic E-state index is 0.166. The van der Waals surface area contributed by atoms with Crippen molar-refractivity contribution in [3.05, 3.63) is 76.5 Å². The van der Waals surface area contributed by atoms with Crippen molar-refractivity contribution in [1.29, 1.82) is 0 Å². The average Bonchev–Trinajstić information content (AvgIpc) is 3.39. The Bertz CT molecular complexity index is 1340. The van der Waals surface area contributed by atoms with Gasteiger partial charge >= 0.3 is 0 Å². The number of nitrogens with zero attached hydrogens (tertiary/aromatic N) is 6. The van der Waals surface area contributed by atoms with Crippen molar-refractivity contribution in [3.63, 3.8) is 0 Å². The van der Waals surface area contributed by atoms with E-state index in [-0.39, 0.29) is 11.7 Å². The number of benzene rings is 1. The van der Waals surface area contributed by atoms with Gasteiger partial charge in [-0.15, -0.1) is 0 Å². The molecule has 172 valence electrons. The molecule has 1 fully saturated rings. The zero-order valence-electron chi connectivity index (χ0n) is 18.3. The van der Waals surface area contributed by atoms with Gasteiger partial charge in [-0.3, -0.25) is 14.8 Å². The number of aromatic nitrogens is 4. The minimum Gasteiger partial charge on any atom is -0.352 e. The number of anilines is 1. The number of pyridine rings is 1. The van der Waals surface area contributed by atoms with Gasteiger partial charge < -0.3 is 14.3 Å². The molecule has 3 aromatic heterocycles. The first-order valence-corrected chi connectivity index (χ1v) is 11.4. The molecule has 0 spiro atoms. The van der Waals surface area contributed by atoms with Gasteiger partial charge in [0.1, 0.15) is 11.5 Å². The van der Waals surface area contributed by atoms with Crippen LogP contribution in [-0.4, -0.2) is 57.1 Å². The molecule has 34 heavy (non-hydrogen) atoms. The van der Waals surface area contributed by atoms with Gasteiger partial charge in [0.2, 0.25) is 5.76 Å². The summed E-state index contributed by atoms with van der Waals surface area (Å²) in [4.78, 5) is 30.3. The summed E-state index contributed by atoms with van der Waals surface area (Å²) in [6, 6.07) is 9.08. The predicted octanol–water partition coefficient (Wildman–Crippen LogP) is 4.77. The maximum atomic E-state index is 12.6. The van der Waals surface area contributed by atoms with E-state index in [1.165, 1.54) is 6.20 Å². The topological polar surface area (TPSA) is 88.3 Å². The second-order valence-corrected chi connectivity index (χ2v) is 8.74. The van der Waals surface area contributed by atoms with Crippen LogP contribution in [0.1, 0.15) is 16.1 Å².